The van der Waals surface area contributed by atoms with Crippen LogP contribution in [0.2, 0.25) is 0 Å². The van der Waals surface area contributed by atoms with Crippen molar-refractivity contribution in [3.63, 3.8) is 0 Å². The zero-order chi connectivity index (χ0) is 13.1. The van der Waals surface area contributed by atoms with E-state index in [9.17, 15) is 0 Å². The molecule has 4 nitrogen and oxygen atoms in total. The summed E-state index contributed by atoms with van der Waals surface area (Å²) in [5.41, 5.74) is 3.52. The van der Waals surface area contributed by atoms with Crippen LogP contribution < -0.4 is 10.6 Å². The minimum atomic E-state index is 0.355. The predicted octanol–water partition coefficient (Wildman–Crippen LogP) is 2.43. The van der Waals surface area contributed by atoms with Gasteiger partial charge in [-0.25, -0.2) is 4.98 Å². The number of rotatable bonds is 3. The molecule has 1 aliphatic heterocycles. The molecule has 0 radical (unpaired) electrons. The van der Waals surface area contributed by atoms with E-state index in [0.29, 0.717) is 6.04 Å². The van der Waals surface area contributed by atoms with Crippen LogP contribution in [0.15, 0.2) is 36.7 Å². The van der Waals surface area contributed by atoms with Gasteiger partial charge < -0.3 is 10.6 Å². The first-order valence-electron chi connectivity index (χ1n) is 6.66. The third-order valence-electron chi connectivity index (χ3n) is 3.44. The Kier molecular flexibility index (Phi) is 3.42. The minimum Gasteiger partial charge on any atom is -0.370 e. The van der Waals surface area contributed by atoms with Crippen molar-refractivity contribution in [3.8, 4) is 0 Å². The Balaban J connectivity index is 1.69. The van der Waals surface area contributed by atoms with E-state index in [4.69, 9.17) is 0 Å². The van der Waals surface area contributed by atoms with Crippen LogP contribution in [0.1, 0.15) is 29.3 Å². The summed E-state index contributed by atoms with van der Waals surface area (Å²) in [6.45, 7) is 3.81. The fourth-order valence-corrected chi connectivity index (χ4v) is 2.38. The van der Waals surface area contributed by atoms with E-state index in [-0.39, 0.29) is 0 Å². The zero-order valence-electron chi connectivity index (χ0n) is 11.1. The summed E-state index contributed by atoms with van der Waals surface area (Å²) in [5.74, 6) is 1.00. The van der Waals surface area contributed by atoms with Crippen molar-refractivity contribution in [2.75, 3.05) is 11.9 Å². The lowest BCUT2D eigenvalue weighted by Gasteiger charge is -2.26. The highest BCUT2D eigenvalue weighted by Crippen LogP contribution is 2.27. The summed E-state index contributed by atoms with van der Waals surface area (Å²) in [5, 5.41) is 6.90. The first-order valence-corrected chi connectivity index (χ1v) is 6.66. The SMILES string of the molecule is Cc1ccc(CNC2CCNc3ncccc32)nc1. The summed E-state index contributed by atoms with van der Waals surface area (Å²) >= 11 is 0. The van der Waals surface area contributed by atoms with Crippen molar-refractivity contribution in [3.05, 3.63) is 53.5 Å². The molecule has 1 unspecified atom stereocenters. The Morgan fingerprint density at radius 1 is 1.32 bits per heavy atom. The van der Waals surface area contributed by atoms with Crippen molar-refractivity contribution in [2.24, 2.45) is 0 Å². The molecule has 1 aliphatic rings. The van der Waals surface area contributed by atoms with Crippen molar-refractivity contribution >= 4 is 5.82 Å². The largest absolute Gasteiger partial charge is 0.370 e. The van der Waals surface area contributed by atoms with Crippen LogP contribution in [0.25, 0.3) is 0 Å². The molecule has 0 fully saturated rings. The third kappa shape index (κ3) is 2.74. The van der Waals surface area contributed by atoms with E-state index in [1.54, 1.807) is 0 Å². The number of anilines is 1. The normalized spacial score (nSPS) is 17.6. The number of fused-ring (bicyclic) bond motifs is 1. The molecule has 98 valence electrons. The van der Waals surface area contributed by atoms with E-state index in [0.717, 1.165) is 31.0 Å². The van der Waals surface area contributed by atoms with Gasteiger partial charge in [-0.15, -0.1) is 0 Å². The highest BCUT2D eigenvalue weighted by Gasteiger charge is 2.19. The highest BCUT2D eigenvalue weighted by molar-refractivity contribution is 5.47. The fourth-order valence-electron chi connectivity index (χ4n) is 2.38. The lowest BCUT2D eigenvalue weighted by molar-refractivity contribution is 0.494. The fraction of sp³-hybridized carbons (Fsp3) is 0.333. The minimum absolute atomic E-state index is 0.355. The van der Waals surface area contributed by atoms with E-state index in [1.165, 1.54) is 11.1 Å². The van der Waals surface area contributed by atoms with Crippen LogP contribution in [-0.4, -0.2) is 16.5 Å². The molecular formula is C15H18N4. The van der Waals surface area contributed by atoms with Gasteiger partial charge in [0.25, 0.3) is 0 Å². The van der Waals surface area contributed by atoms with Gasteiger partial charge in [-0.3, -0.25) is 4.98 Å². The Hall–Kier alpha value is -1.94. The summed E-state index contributed by atoms with van der Waals surface area (Å²) in [6.07, 6.45) is 4.81. The maximum absolute atomic E-state index is 4.42. The van der Waals surface area contributed by atoms with Gasteiger partial charge in [0, 0.05) is 37.1 Å². The van der Waals surface area contributed by atoms with Gasteiger partial charge in [-0.05, 0) is 31.0 Å². The molecule has 0 amide bonds. The second-order valence-corrected chi connectivity index (χ2v) is 4.92. The molecule has 0 bridgehead atoms. The second kappa shape index (κ2) is 5.36. The molecule has 19 heavy (non-hydrogen) atoms. The van der Waals surface area contributed by atoms with Gasteiger partial charge in [0.2, 0.25) is 0 Å². The van der Waals surface area contributed by atoms with Crippen LogP contribution >= 0.6 is 0 Å². The summed E-state index contributed by atoms with van der Waals surface area (Å²) < 4.78 is 0. The maximum Gasteiger partial charge on any atom is 0.130 e. The standard InChI is InChI=1S/C15H18N4/c1-11-4-5-12(18-9-11)10-19-14-6-8-17-15-13(14)3-2-7-16-15/h2-5,7,9,14,19H,6,8,10H2,1H3,(H,16,17). The molecule has 3 heterocycles. The van der Waals surface area contributed by atoms with Gasteiger partial charge in [0.1, 0.15) is 5.82 Å². The van der Waals surface area contributed by atoms with E-state index in [1.807, 2.05) is 18.5 Å². The second-order valence-electron chi connectivity index (χ2n) is 4.92. The molecule has 0 saturated heterocycles. The summed E-state index contributed by atoms with van der Waals surface area (Å²) in [6, 6.07) is 8.66. The van der Waals surface area contributed by atoms with E-state index >= 15 is 0 Å². The van der Waals surface area contributed by atoms with E-state index in [2.05, 4.69) is 45.7 Å². The van der Waals surface area contributed by atoms with Crippen LogP contribution in [-0.2, 0) is 6.54 Å². The lowest BCUT2D eigenvalue weighted by atomic mass is 10.0. The predicted molar refractivity (Wildman–Crippen MR) is 75.9 cm³/mol. The molecule has 0 spiro atoms. The van der Waals surface area contributed by atoms with Crippen molar-refractivity contribution in [1.82, 2.24) is 15.3 Å². The smallest absolute Gasteiger partial charge is 0.130 e. The first-order chi connectivity index (χ1) is 9.33. The van der Waals surface area contributed by atoms with Gasteiger partial charge in [0.15, 0.2) is 0 Å². The van der Waals surface area contributed by atoms with Crippen LogP contribution in [0.3, 0.4) is 0 Å². The van der Waals surface area contributed by atoms with E-state index < -0.39 is 0 Å². The molecule has 0 aromatic carbocycles. The number of aromatic nitrogens is 2. The Labute approximate surface area is 113 Å². The number of hydrogen-bond donors (Lipinski definition) is 2. The van der Waals surface area contributed by atoms with Crippen molar-refractivity contribution in [1.29, 1.82) is 0 Å². The van der Waals surface area contributed by atoms with Crippen LogP contribution in [0, 0.1) is 6.92 Å². The number of nitrogens with one attached hydrogen (secondary N) is 2. The molecular weight excluding hydrogens is 236 g/mol. The van der Waals surface area contributed by atoms with Crippen molar-refractivity contribution < 1.29 is 0 Å². The van der Waals surface area contributed by atoms with Gasteiger partial charge >= 0.3 is 0 Å². The average molecular weight is 254 g/mol. The Morgan fingerprint density at radius 2 is 2.26 bits per heavy atom. The van der Waals surface area contributed by atoms with Crippen molar-refractivity contribution in [2.45, 2.75) is 25.9 Å². The number of hydrogen-bond acceptors (Lipinski definition) is 4. The Bertz CT molecular complexity index is 550. The molecule has 0 saturated carbocycles. The molecule has 0 aliphatic carbocycles. The molecule has 2 aromatic rings. The van der Waals surface area contributed by atoms with Gasteiger partial charge in [-0.1, -0.05) is 12.1 Å². The topological polar surface area (TPSA) is 49.8 Å². The Morgan fingerprint density at radius 3 is 3.11 bits per heavy atom. The van der Waals surface area contributed by atoms with Gasteiger partial charge in [-0.2, -0.15) is 0 Å². The maximum atomic E-state index is 4.42. The quantitative estimate of drug-likeness (QED) is 0.883. The average Bonchev–Trinajstić information content (AvgIpc) is 2.47. The summed E-state index contributed by atoms with van der Waals surface area (Å²) in [7, 11) is 0. The monoisotopic (exact) mass is 254 g/mol. The highest BCUT2D eigenvalue weighted by atomic mass is 15.0. The lowest BCUT2D eigenvalue weighted by Crippen LogP contribution is -2.28. The molecule has 1 atom stereocenters. The molecule has 2 aromatic heterocycles. The first kappa shape index (κ1) is 12.1. The molecule has 2 N–H and O–H groups in total. The van der Waals surface area contributed by atoms with Gasteiger partial charge in [0.05, 0.1) is 5.69 Å². The molecule has 4 heteroatoms. The summed E-state index contributed by atoms with van der Waals surface area (Å²) in [4.78, 5) is 8.79. The zero-order valence-corrected chi connectivity index (χ0v) is 11.1. The third-order valence-corrected chi connectivity index (χ3v) is 3.44. The number of nitrogens with zero attached hydrogens (tertiary/aromatic N) is 2. The van der Waals surface area contributed by atoms with Crippen LogP contribution in [0.4, 0.5) is 5.82 Å². The number of pyridine rings is 2. The van der Waals surface area contributed by atoms with Crippen LogP contribution in [0.5, 0.6) is 0 Å². The molecule has 3 rings (SSSR count). The number of aryl methyl sites for hydroxylation is 1.